The van der Waals surface area contributed by atoms with Crippen molar-refractivity contribution in [1.29, 1.82) is 0 Å². The Labute approximate surface area is 89.5 Å². The molecule has 0 unspecified atom stereocenters. The van der Waals surface area contributed by atoms with Gasteiger partial charge in [-0.3, -0.25) is 0 Å². The van der Waals surface area contributed by atoms with Gasteiger partial charge in [0.05, 0.1) is 0 Å². The monoisotopic (exact) mass is 204 g/mol. The SMILES string of the molecule is CCCCCNc1nc2ccccc2o1. The van der Waals surface area contributed by atoms with Crippen molar-refractivity contribution in [1.82, 2.24) is 4.98 Å². The van der Waals surface area contributed by atoms with E-state index in [2.05, 4.69) is 17.2 Å². The number of nitrogens with one attached hydrogen (secondary N) is 1. The molecule has 0 amide bonds. The van der Waals surface area contributed by atoms with Crippen LogP contribution in [0.3, 0.4) is 0 Å². The molecule has 1 aromatic heterocycles. The van der Waals surface area contributed by atoms with Crippen LogP contribution in [0.15, 0.2) is 28.7 Å². The number of para-hydroxylation sites is 2. The van der Waals surface area contributed by atoms with Crippen LogP contribution in [0.4, 0.5) is 6.01 Å². The minimum Gasteiger partial charge on any atom is -0.424 e. The number of oxazole rings is 1. The average molecular weight is 204 g/mol. The van der Waals surface area contributed by atoms with E-state index in [-0.39, 0.29) is 0 Å². The molecule has 0 aliphatic heterocycles. The molecule has 3 heteroatoms. The van der Waals surface area contributed by atoms with Gasteiger partial charge in [-0.2, -0.15) is 4.98 Å². The maximum Gasteiger partial charge on any atom is 0.295 e. The Kier molecular flexibility index (Phi) is 3.22. The van der Waals surface area contributed by atoms with Crippen molar-refractivity contribution in [3.8, 4) is 0 Å². The van der Waals surface area contributed by atoms with Crippen LogP contribution in [0.1, 0.15) is 26.2 Å². The lowest BCUT2D eigenvalue weighted by atomic mass is 10.2. The quantitative estimate of drug-likeness (QED) is 0.758. The molecular weight excluding hydrogens is 188 g/mol. The molecule has 0 aliphatic rings. The highest BCUT2D eigenvalue weighted by atomic mass is 16.4. The lowest BCUT2D eigenvalue weighted by Crippen LogP contribution is -2.00. The van der Waals surface area contributed by atoms with E-state index < -0.39 is 0 Å². The Balaban J connectivity index is 1.97. The fourth-order valence-electron chi connectivity index (χ4n) is 1.52. The van der Waals surface area contributed by atoms with E-state index in [0.717, 1.165) is 24.1 Å². The summed E-state index contributed by atoms with van der Waals surface area (Å²) in [5.74, 6) is 0. The van der Waals surface area contributed by atoms with E-state index in [0.29, 0.717) is 6.01 Å². The topological polar surface area (TPSA) is 38.1 Å². The lowest BCUT2D eigenvalue weighted by molar-refractivity contribution is 0.609. The van der Waals surface area contributed by atoms with Crippen LogP contribution in [0.2, 0.25) is 0 Å². The summed E-state index contributed by atoms with van der Waals surface area (Å²) in [5, 5.41) is 3.19. The van der Waals surface area contributed by atoms with Crippen LogP contribution < -0.4 is 5.32 Å². The minimum absolute atomic E-state index is 0.632. The number of nitrogens with zero attached hydrogens (tertiary/aromatic N) is 1. The molecule has 3 nitrogen and oxygen atoms in total. The summed E-state index contributed by atoms with van der Waals surface area (Å²) in [5.41, 5.74) is 1.76. The van der Waals surface area contributed by atoms with Crippen molar-refractivity contribution in [3.05, 3.63) is 24.3 Å². The maximum absolute atomic E-state index is 5.53. The fourth-order valence-corrected chi connectivity index (χ4v) is 1.52. The lowest BCUT2D eigenvalue weighted by Gasteiger charge is -1.98. The molecule has 0 spiro atoms. The summed E-state index contributed by atoms with van der Waals surface area (Å²) in [6.07, 6.45) is 3.64. The number of hydrogen-bond donors (Lipinski definition) is 1. The fraction of sp³-hybridized carbons (Fsp3) is 0.417. The van der Waals surface area contributed by atoms with Gasteiger partial charge in [0, 0.05) is 6.54 Å². The summed E-state index contributed by atoms with van der Waals surface area (Å²) in [4.78, 5) is 4.33. The molecule has 80 valence electrons. The zero-order valence-electron chi connectivity index (χ0n) is 8.99. The molecule has 0 saturated carbocycles. The molecule has 1 N–H and O–H groups in total. The number of anilines is 1. The second kappa shape index (κ2) is 4.82. The first kappa shape index (κ1) is 10.0. The van der Waals surface area contributed by atoms with Crippen LogP contribution in [0, 0.1) is 0 Å². The first-order chi connectivity index (χ1) is 7.40. The van der Waals surface area contributed by atoms with Crippen molar-refractivity contribution in [2.24, 2.45) is 0 Å². The van der Waals surface area contributed by atoms with Crippen LogP contribution in [0.5, 0.6) is 0 Å². The number of unbranched alkanes of at least 4 members (excludes halogenated alkanes) is 2. The van der Waals surface area contributed by atoms with Crippen LogP contribution >= 0.6 is 0 Å². The van der Waals surface area contributed by atoms with Crippen molar-refractivity contribution < 1.29 is 4.42 Å². The molecule has 15 heavy (non-hydrogen) atoms. The third-order valence-corrected chi connectivity index (χ3v) is 2.35. The summed E-state index contributed by atoms with van der Waals surface area (Å²) in [6.45, 7) is 3.13. The van der Waals surface area contributed by atoms with Crippen LogP contribution in [0.25, 0.3) is 11.1 Å². The Morgan fingerprint density at radius 3 is 2.93 bits per heavy atom. The molecule has 0 atom stereocenters. The highest BCUT2D eigenvalue weighted by Gasteiger charge is 2.02. The van der Waals surface area contributed by atoms with Gasteiger partial charge in [-0.15, -0.1) is 0 Å². The molecule has 1 heterocycles. The minimum atomic E-state index is 0.632. The molecule has 2 rings (SSSR count). The summed E-state index contributed by atoms with van der Waals surface area (Å²) in [6, 6.07) is 8.43. The number of aromatic nitrogens is 1. The Morgan fingerprint density at radius 2 is 2.13 bits per heavy atom. The second-order valence-corrected chi connectivity index (χ2v) is 3.62. The van der Waals surface area contributed by atoms with Gasteiger partial charge >= 0.3 is 0 Å². The maximum atomic E-state index is 5.53. The zero-order chi connectivity index (χ0) is 10.5. The molecule has 0 saturated heterocycles. The predicted octanol–water partition coefficient (Wildman–Crippen LogP) is 3.43. The van der Waals surface area contributed by atoms with Crippen molar-refractivity contribution in [2.75, 3.05) is 11.9 Å². The third kappa shape index (κ3) is 2.49. The van der Waals surface area contributed by atoms with Crippen LogP contribution in [-0.4, -0.2) is 11.5 Å². The van der Waals surface area contributed by atoms with E-state index in [4.69, 9.17) is 4.42 Å². The standard InChI is InChI=1S/C12H16N2O/c1-2-3-6-9-13-12-14-10-7-4-5-8-11(10)15-12/h4-5,7-8H,2-3,6,9H2,1H3,(H,13,14). The predicted molar refractivity (Wildman–Crippen MR) is 62.0 cm³/mol. The highest BCUT2D eigenvalue weighted by molar-refractivity contribution is 5.74. The zero-order valence-corrected chi connectivity index (χ0v) is 8.99. The van der Waals surface area contributed by atoms with Crippen molar-refractivity contribution in [3.63, 3.8) is 0 Å². The van der Waals surface area contributed by atoms with Gasteiger partial charge in [0.2, 0.25) is 0 Å². The average Bonchev–Trinajstić information content (AvgIpc) is 2.67. The highest BCUT2D eigenvalue weighted by Crippen LogP contribution is 2.17. The smallest absolute Gasteiger partial charge is 0.295 e. The van der Waals surface area contributed by atoms with Crippen molar-refractivity contribution in [2.45, 2.75) is 26.2 Å². The van der Waals surface area contributed by atoms with Gasteiger partial charge in [-0.25, -0.2) is 0 Å². The Morgan fingerprint density at radius 1 is 1.27 bits per heavy atom. The first-order valence-electron chi connectivity index (χ1n) is 5.49. The van der Waals surface area contributed by atoms with E-state index in [1.807, 2.05) is 24.3 Å². The Hall–Kier alpha value is -1.51. The first-order valence-corrected chi connectivity index (χ1v) is 5.49. The second-order valence-electron chi connectivity index (χ2n) is 3.62. The van der Waals surface area contributed by atoms with Gasteiger partial charge < -0.3 is 9.73 Å². The molecule has 2 aromatic rings. The van der Waals surface area contributed by atoms with Gasteiger partial charge in [0.25, 0.3) is 6.01 Å². The normalized spacial score (nSPS) is 10.7. The van der Waals surface area contributed by atoms with Crippen LogP contribution in [-0.2, 0) is 0 Å². The summed E-state index contributed by atoms with van der Waals surface area (Å²) < 4.78 is 5.53. The number of rotatable bonds is 5. The van der Waals surface area contributed by atoms with E-state index in [1.54, 1.807) is 0 Å². The number of hydrogen-bond acceptors (Lipinski definition) is 3. The molecule has 0 fully saturated rings. The number of fused-ring (bicyclic) bond motifs is 1. The molecule has 0 bridgehead atoms. The Bertz CT molecular complexity index is 389. The van der Waals surface area contributed by atoms with Gasteiger partial charge in [-0.1, -0.05) is 31.9 Å². The summed E-state index contributed by atoms with van der Waals surface area (Å²) in [7, 11) is 0. The largest absolute Gasteiger partial charge is 0.424 e. The van der Waals surface area contributed by atoms with Crippen molar-refractivity contribution >= 4 is 17.1 Å². The number of benzene rings is 1. The molecule has 0 radical (unpaired) electrons. The van der Waals surface area contributed by atoms with Gasteiger partial charge in [-0.05, 0) is 18.6 Å². The molecule has 0 aliphatic carbocycles. The third-order valence-electron chi connectivity index (χ3n) is 2.35. The summed E-state index contributed by atoms with van der Waals surface area (Å²) >= 11 is 0. The molecule has 1 aromatic carbocycles. The van der Waals surface area contributed by atoms with E-state index >= 15 is 0 Å². The molecular formula is C12H16N2O. The van der Waals surface area contributed by atoms with E-state index in [9.17, 15) is 0 Å². The van der Waals surface area contributed by atoms with Gasteiger partial charge in [0.1, 0.15) is 5.52 Å². The van der Waals surface area contributed by atoms with Gasteiger partial charge in [0.15, 0.2) is 5.58 Å². The van der Waals surface area contributed by atoms with E-state index in [1.165, 1.54) is 12.8 Å².